The molecule has 2 nitrogen and oxygen atoms in total. The van der Waals surface area contributed by atoms with E-state index in [1.807, 2.05) is 0 Å². The van der Waals surface area contributed by atoms with Crippen molar-refractivity contribution in [3.05, 3.63) is 70.3 Å². The highest BCUT2D eigenvalue weighted by Gasteiger charge is 2.22. The molecule has 4 aromatic rings. The summed E-state index contributed by atoms with van der Waals surface area (Å²) in [5, 5.41) is 2.65. The Balaban J connectivity index is 2.10. The van der Waals surface area contributed by atoms with Crippen LogP contribution in [0, 0.1) is 0 Å². The average molecular weight is 467 g/mol. The highest BCUT2D eigenvalue weighted by molar-refractivity contribution is 5.92. The van der Waals surface area contributed by atoms with Crippen LogP contribution in [-0.4, -0.2) is 9.97 Å². The minimum Gasteiger partial charge on any atom is -0.246 e. The van der Waals surface area contributed by atoms with Crippen molar-refractivity contribution in [2.45, 2.75) is 98.8 Å². The molecule has 2 aromatic carbocycles. The minimum absolute atomic E-state index is 1.01. The summed E-state index contributed by atoms with van der Waals surface area (Å²) in [7, 11) is 0. The van der Waals surface area contributed by atoms with Crippen molar-refractivity contribution in [1.29, 1.82) is 0 Å². The first-order valence-electron chi connectivity index (χ1n) is 14.0. The van der Waals surface area contributed by atoms with Gasteiger partial charge < -0.3 is 0 Å². The molecule has 0 bridgehead atoms. The lowest BCUT2D eigenvalue weighted by Crippen LogP contribution is -2.09. The van der Waals surface area contributed by atoms with Crippen molar-refractivity contribution < 1.29 is 0 Å². The zero-order valence-electron chi connectivity index (χ0n) is 22.5. The maximum atomic E-state index is 5.44. The van der Waals surface area contributed by atoms with E-state index in [9.17, 15) is 0 Å². The Morgan fingerprint density at radius 3 is 1.83 bits per heavy atom. The van der Waals surface area contributed by atoms with E-state index >= 15 is 0 Å². The van der Waals surface area contributed by atoms with Gasteiger partial charge >= 0.3 is 0 Å². The van der Waals surface area contributed by atoms with Crippen LogP contribution in [0.5, 0.6) is 0 Å². The number of pyridine rings is 2. The van der Waals surface area contributed by atoms with Gasteiger partial charge in [-0.05, 0) is 78.1 Å². The molecule has 0 aliphatic heterocycles. The fourth-order valence-corrected chi connectivity index (χ4v) is 5.76. The molecule has 0 N–H and O–H groups in total. The van der Waals surface area contributed by atoms with Crippen molar-refractivity contribution in [1.82, 2.24) is 9.97 Å². The fourth-order valence-electron chi connectivity index (χ4n) is 5.76. The molecule has 2 aromatic heterocycles. The van der Waals surface area contributed by atoms with Crippen LogP contribution in [0.2, 0.25) is 0 Å². The van der Waals surface area contributed by atoms with Crippen molar-refractivity contribution in [3.63, 3.8) is 0 Å². The van der Waals surface area contributed by atoms with Gasteiger partial charge in [-0.2, -0.15) is 0 Å². The van der Waals surface area contributed by atoms with E-state index in [-0.39, 0.29) is 0 Å². The second-order valence-corrected chi connectivity index (χ2v) is 9.94. The van der Waals surface area contributed by atoms with Crippen LogP contribution in [0.4, 0.5) is 0 Å². The van der Waals surface area contributed by atoms with E-state index in [0.717, 1.165) is 55.4 Å². The first-order valence-corrected chi connectivity index (χ1v) is 14.0. The molecule has 184 valence electrons. The molecular weight excluding hydrogens is 424 g/mol. The molecule has 0 amide bonds. The molecule has 0 aliphatic carbocycles. The van der Waals surface area contributed by atoms with Gasteiger partial charge in [0.2, 0.25) is 0 Å². The number of fused-ring (bicyclic) bond motifs is 2. The van der Waals surface area contributed by atoms with Crippen LogP contribution < -0.4 is 0 Å². The number of para-hydroxylation sites is 1. The van der Waals surface area contributed by atoms with Gasteiger partial charge in [0, 0.05) is 10.8 Å². The fraction of sp³-hybridized carbons (Fsp3) is 0.455. The third-order valence-corrected chi connectivity index (χ3v) is 7.17. The highest BCUT2D eigenvalue weighted by atomic mass is 14.8. The van der Waals surface area contributed by atoms with Crippen molar-refractivity contribution >= 4 is 21.8 Å². The van der Waals surface area contributed by atoms with E-state index in [0.29, 0.717) is 0 Å². The quantitative estimate of drug-likeness (QED) is 0.220. The van der Waals surface area contributed by atoms with Gasteiger partial charge in [0.1, 0.15) is 0 Å². The number of aryl methyl sites for hydroxylation is 3. The van der Waals surface area contributed by atoms with E-state index < -0.39 is 0 Å². The van der Waals surface area contributed by atoms with Crippen LogP contribution in [0.1, 0.15) is 94.5 Å². The van der Waals surface area contributed by atoms with Gasteiger partial charge in [-0.1, -0.05) is 91.0 Å². The van der Waals surface area contributed by atoms with E-state index in [1.54, 1.807) is 11.1 Å². The predicted octanol–water partition coefficient (Wildman–Crippen LogP) is 9.21. The summed E-state index contributed by atoms with van der Waals surface area (Å²) < 4.78 is 0. The number of nitrogens with zero attached hydrogens (tertiary/aromatic N) is 2. The number of benzene rings is 2. The van der Waals surface area contributed by atoms with Crippen LogP contribution >= 0.6 is 0 Å². The van der Waals surface area contributed by atoms with Gasteiger partial charge in [0.15, 0.2) is 0 Å². The zero-order valence-corrected chi connectivity index (χ0v) is 22.5. The Kier molecular flexibility index (Phi) is 8.55. The van der Waals surface area contributed by atoms with Gasteiger partial charge in [0.25, 0.3) is 0 Å². The largest absolute Gasteiger partial charge is 0.246 e. The first-order chi connectivity index (χ1) is 17.2. The van der Waals surface area contributed by atoms with Crippen molar-refractivity contribution in [2.24, 2.45) is 0 Å². The number of hydrogen-bond acceptors (Lipinski definition) is 2. The molecule has 0 unspecified atom stereocenters. The molecule has 0 fully saturated rings. The normalized spacial score (nSPS) is 11.6. The first kappa shape index (κ1) is 25.4. The lowest BCUT2D eigenvalue weighted by atomic mass is 9.84. The molecule has 0 spiro atoms. The maximum absolute atomic E-state index is 5.44. The standard InChI is InChI=1S/C33H42N2/c1-6-13-24-22-31-32(26(15-8-3)25(24)14-7-2)27(16-9-4)28(17-10-5)33(35-31)30-21-20-23-18-11-12-19-29(23)34-30/h11-12,18-22H,6-10,13-17H2,1-5H3. The highest BCUT2D eigenvalue weighted by Crippen LogP contribution is 2.37. The summed E-state index contributed by atoms with van der Waals surface area (Å²) in [5.41, 5.74) is 12.0. The average Bonchev–Trinajstić information content (AvgIpc) is 2.87. The summed E-state index contributed by atoms with van der Waals surface area (Å²) in [5.74, 6) is 0. The maximum Gasteiger partial charge on any atom is 0.0928 e. The Labute approximate surface area is 212 Å². The molecule has 0 saturated heterocycles. The van der Waals surface area contributed by atoms with Crippen LogP contribution in [0.3, 0.4) is 0 Å². The third-order valence-electron chi connectivity index (χ3n) is 7.17. The number of aromatic nitrogens is 2. The number of hydrogen-bond donors (Lipinski definition) is 0. The van der Waals surface area contributed by atoms with E-state index in [1.165, 1.54) is 58.7 Å². The molecule has 35 heavy (non-hydrogen) atoms. The lowest BCUT2D eigenvalue weighted by molar-refractivity contribution is 0.825. The number of rotatable bonds is 11. The molecule has 0 atom stereocenters. The molecule has 0 radical (unpaired) electrons. The van der Waals surface area contributed by atoms with Crippen LogP contribution in [0.15, 0.2) is 42.5 Å². The predicted molar refractivity (Wildman–Crippen MR) is 152 cm³/mol. The summed E-state index contributed by atoms with van der Waals surface area (Å²) >= 11 is 0. The minimum atomic E-state index is 1.01. The lowest BCUT2D eigenvalue weighted by Gasteiger charge is -2.23. The second-order valence-electron chi connectivity index (χ2n) is 9.94. The molecule has 2 heterocycles. The summed E-state index contributed by atoms with van der Waals surface area (Å²) in [6.07, 6.45) is 11.4. The molecule has 0 saturated carbocycles. The molecule has 4 rings (SSSR count). The smallest absolute Gasteiger partial charge is 0.0928 e. The SMILES string of the molecule is CCCc1cc2nc(-c3ccc4ccccc4n3)c(CCC)c(CCC)c2c(CCC)c1CCC. The van der Waals surface area contributed by atoms with Crippen molar-refractivity contribution in [3.8, 4) is 11.4 Å². The van der Waals surface area contributed by atoms with E-state index in [4.69, 9.17) is 9.97 Å². The summed E-state index contributed by atoms with van der Waals surface area (Å²) in [6, 6.07) is 15.2. The molecular formula is C33H42N2. The zero-order chi connectivity index (χ0) is 24.8. The van der Waals surface area contributed by atoms with E-state index in [2.05, 4.69) is 77.1 Å². The van der Waals surface area contributed by atoms with Gasteiger partial charge in [-0.3, -0.25) is 0 Å². The topological polar surface area (TPSA) is 25.8 Å². The molecule has 2 heteroatoms. The van der Waals surface area contributed by atoms with Crippen LogP contribution in [0.25, 0.3) is 33.2 Å². The molecule has 0 aliphatic rings. The monoisotopic (exact) mass is 466 g/mol. The summed E-state index contributed by atoms with van der Waals surface area (Å²) in [4.78, 5) is 10.5. The Morgan fingerprint density at radius 2 is 1.14 bits per heavy atom. The van der Waals surface area contributed by atoms with Crippen molar-refractivity contribution in [2.75, 3.05) is 0 Å². The van der Waals surface area contributed by atoms with Gasteiger partial charge in [-0.15, -0.1) is 0 Å². The second kappa shape index (κ2) is 11.8. The third kappa shape index (κ3) is 5.13. The van der Waals surface area contributed by atoms with Crippen LogP contribution in [-0.2, 0) is 32.1 Å². The van der Waals surface area contributed by atoms with Gasteiger partial charge in [-0.25, -0.2) is 9.97 Å². The Hall–Kier alpha value is -2.74. The summed E-state index contributed by atoms with van der Waals surface area (Å²) in [6.45, 7) is 11.5. The Morgan fingerprint density at radius 1 is 0.543 bits per heavy atom. The Bertz CT molecular complexity index is 1300. The van der Waals surface area contributed by atoms with Gasteiger partial charge in [0.05, 0.1) is 22.4 Å².